The van der Waals surface area contributed by atoms with Crippen molar-refractivity contribution in [1.82, 2.24) is 9.78 Å². The fourth-order valence-electron chi connectivity index (χ4n) is 2.97. The molecular formula is C21H23N3O4S2. The summed E-state index contributed by atoms with van der Waals surface area (Å²) in [5, 5.41) is 15.8. The van der Waals surface area contributed by atoms with E-state index in [9.17, 15) is 5.11 Å². The lowest BCUT2D eigenvalue weighted by atomic mass is 10.3. The fourth-order valence-corrected chi connectivity index (χ4v) is 4.13. The highest BCUT2D eigenvalue weighted by molar-refractivity contribution is 7.73. The Morgan fingerprint density at radius 1 is 1.03 bits per heavy atom. The van der Waals surface area contributed by atoms with E-state index >= 15 is 0 Å². The maximum absolute atomic E-state index is 10.4. The molecule has 0 aliphatic carbocycles. The van der Waals surface area contributed by atoms with Gasteiger partial charge in [-0.1, -0.05) is 29.5 Å². The van der Waals surface area contributed by atoms with E-state index in [4.69, 9.17) is 26.4 Å². The van der Waals surface area contributed by atoms with E-state index in [1.165, 1.54) is 11.3 Å². The van der Waals surface area contributed by atoms with Crippen molar-refractivity contribution in [2.75, 3.05) is 37.8 Å². The lowest BCUT2D eigenvalue weighted by Crippen LogP contribution is -2.36. The summed E-state index contributed by atoms with van der Waals surface area (Å²) in [4.78, 5) is 2.16. The summed E-state index contributed by atoms with van der Waals surface area (Å²) in [6.45, 7) is 3.42. The molecule has 0 unspecified atom stereocenters. The Morgan fingerprint density at radius 3 is 2.43 bits per heavy atom. The maximum atomic E-state index is 10.4. The molecule has 0 amide bonds. The molecule has 1 atom stereocenters. The van der Waals surface area contributed by atoms with Crippen molar-refractivity contribution in [2.45, 2.75) is 12.6 Å². The first-order valence-electron chi connectivity index (χ1n) is 9.72. The van der Waals surface area contributed by atoms with Gasteiger partial charge in [0.1, 0.15) is 30.0 Å². The summed E-state index contributed by atoms with van der Waals surface area (Å²) in [6, 6.07) is 16.9. The van der Waals surface area contributed by atoms with Crippen molar-refractivity contribution in [3.8, 4) is 17.2 Å². The van der Waals surface area contributed by atoms with Crippen molar-refractivity contribution >= 4 is 28.7 Å². The summed E-state index contributed by atoms with van der Waals surface area (Å²) in [5.74, 6) is 2.15. The standard InChI is InChI=1S/C21H23N3O4S2/c25-16(14-24-21(29)30-20(22-24)23-10-12-26-13-11-23)15-27-17-6-8-19(9-7-17)28-18-4-2-1-3-5-18/h1-9,16,25H,10-15H2/t16-/m1/s1. The Morgan fingerprint density at radius 2 is 1.70 bits per heavy atom. The van der Waals surface area contributed by atoms with Gasteiger partial charge in [0.05, 0.1) is 19.8 Å². The second-order valence-electron chi connectivity index (χ2n) is 6.78. The molecule has 7 nitrogen and oxygen atoms in total. The van der Waals surface area contributed by atoms with Crippen LogP contribution in [0.25, 0.3) is 0 Å². The van der Waals surface area contributed by atoms with Gasteiger partial charge in [-0.05, 0) is 48.6 Å². The number of hydrogen-bond acceptors (Lipinski definition) is 8. The summed E-state index contributed by atoms with van der Waals surface area (Å²) in [7, 11) is 0. The topological polar surface area (TPSA) is 69.0 Å². The van der Waals surface area contributed by atoms with Gasteiger partial charge < -0.3 is 24.2 Å². The number of benzene rings is 2. The van der Waals surface area contributed by atoms with Gasteiger partial charge in [0.25, 0.3) is 0 Å². The Balaban J connectivity index is 1.28. The first kappa shape index (κ1) is 20.8. The predicted octanol–water partition coefficient (Wildman–Crippen LogP) is 3.74. The van der Waals surface area contributed by atoms with Gasteiger partial charge in [-0.25, -0.2) is 4.68 Å². The smallest absolute Gasteiger partial charge is 0.207 e. The molecule has 158 valence electrons. The molecule has 1 aliphatic heterocycles. The number of aliphatic hydroxyl groups is 1. The van der Waals surface area contributed by atoms with Crippen LogP contribution in [0.1, 0.15) is 0 Å². The zero-order valence-electron chi connectivity index (χ0n) is 16.3. The van der Waals surface area contributed by atoms with Crippen molar-refractivity contribution in [3.63, 3.8) is 0 Å². The SMILES string of the molecule is O[C@@H](COc1ccc(Oc2ccccc2)cc1)Cn1nc(N2CCOCC2)sc1=S. The molecule has 2 heterocycles. The molecular weight excluding hydrogens is 422 g/mol. The normalized spacial score (nSPS) is 15.0. The second-order valence-corrected chi connectivity index (χ2v) is 8.38. The molecule has 1 aromatic heterocycles. The fraction of sp³-hybridized carbons (Fsp3) is 0.333. The number of para-hydroxylation sites is 1. The van der Waals surface area contributed by atoms with Crippen LogP contribution in [0.3, 0.4) is 0 Å². The number of aliphatic hydroxyl groups excluding tert-OH is 1. The highest BCUT2D eigenvalue weighted by Gasteiger charge is 2.17. The monoisotopic (exact) mass is 445 g/mol. The van der Waals surface area contributed by atoms with Gasteiger partial charge in [0, 0.05) is 13.1 Å². The Bertz CT molecular complexity index is 985. The zero-order valence-corrected chi connectivity index (χ0v) is 18.0. The number of morpholine rings is 1. The molecule has 3 aromatic rings. The van der Waals surface area contributed by atoms with Gasteiger partial charge in [0.2, 0.25) is 5.13 Å². The van der Waals surface area contributed by atoms with E-state index in [-0.39, 0.29) is 13.2 Å². The van der Waals surface area contributed by atoms with Gasteiger partial charge in [0.15, 0.2) is 3.95 Å². The quantitative estimate of drug-likeness (QED) is 0.530. The van der Waals surface area contributed by atoms with E-state index in [1.54, 1.807) is 4.68 Å². The van der Waals surface area contributed by atoms with E-state index in [0.717, 1.165) is 29.7 Å². The average molecular weight is 446 g/mol. The Labute approximate surface area is 184 Å². The third-order valence-electron chi connectivity index (χ3n) is 4.51. The Kier molecular flexibility index (Phi) is 6.96. The van der Waals surface area contributed by atoms with E-state index < -0.39 is 6.10 Å². The van der Waals surface area contributed by atoms with Crippen LogP contribution in [0.15, 0.2) is 54.6 Å². The highest BCUT2D eigenvalue weighted by atomic mass is 32.1. The first-order valence-corrected chi connectivity index (χ1v) is 10.9. The van der Waals surface area contributed by atoms with Crippen molar-refractivity contribution in [1.29, 1.82) is 0 Å². The highest BCUT2D eigenvalue weighted by Crippen LogP contribution is 2.24. The van der Waals surface area contributed by atoms with E-state index in [1.807, 2.05) is 54.6 Å². The second kappa shape index (κ2) is 10.0. The minimum absolute atomic E-state index is 0.144. The van der Waals surface area contributed by atoms with Gasteiger partial charge in [-0.2, -0.15) is 0 Å². The molecule has 0 bridgehead atoms. The molecule has 4 rings (SSSR count). The molecule has 0 saturated carbocycles. The molecule has 0 spiro atoms. The zero-order chi connectivity index (χ0) is 20.8. The van der Waals surface area contributed by atoms with Gasteiger partial charge in [-0.3, -0.25) is 0 Å². The van der Waals surface area contributed by atoms with Crippen LogP contribution in [0.2, 0.25) is 0 Å². The first-order chi connectivity index (χ1) is 14.7. The predicted molar refractivity (Wildman–Crippen MR) is 118 cm³/mol. The van der Waals surface area contributed by atoms with E-state index in [0.29, 0.717) is 22.9 Å². The average Bonchev–Trinajstić information content (AvgIpc) is 3.15. The van der Waals surface area contributed by atoms with Crippen LogP contribution in [-0.4, -0.2) is 53.9 Å². The van der Waals surface area contributed by atoms with Crippen LogP contribution in [0.4, 0.5) is 5.13 Å². The number of rotatable bonds is 8. The minimum Gasteiger partial charge on any atom is -0.491 e. The summed E-state index contributed by atoms with van der Waals surface area (Å²) >= 11 is 6.85. The molecule has 30 heavy (non-hydrogen) atoms. The number of nitrogens with zero attached hydrogens (tertiary/aromatic N) is 3. The van der Waals surface area contributed by atoms with Crippen LogP contribution in [0, 0.1) is 3.95 Å². The van der Waals surface area contributed by atoms with Crippen LogP contribution in [-0.2, 0) is 11.3 Å². The minimum atomic E-state index is -0.725. The number of anilines is 1. The third-order valence-corrected chi connectivity index (χ3v) is 5.87. The molecule has 1 saturated heterocycles. The number of hydrogen-bond donors (Lipinski definition) is 1. The lowest BCUT2D eigenvalue weighted by Gasteiger charge is -2.25. The molecule has 1 N–H and O–H groups in total. The molecule has 1 aliphatic rings. The number of ether oxygens (including phenoxy) is 3. The molecule has 1 fully saturated rings. The van der Waals surface area contributed by atoms with Crippen molar-refractivity contribution in [3.05, 3.63) is 58.6 Å². The third kappa shape index (κ3) is 5.57. The number of aromatic nitrogens is 2. The molecule has 2 aromatic carbocycles. The lowest BCUT2D eigenvalue weighted by molar-refractivity contribution is 0.0889. The van der Waals surface area contributed by atoms with Crippen LogP contribution in [0.5, 0.6) is 17.2 Å². The molecule has 0 radical (unpaired) electrons. The van der Waals surface area contributed by atoms with Crippen LogP contribution < -0.4 is 14.4 Å². The summed E-state index contributed by atoms with van der Waals surface area (Å²) in [6.07, 6.45) is -0.725. The summed E-state index contributed by atoms with van der Waals surface area (Å²) in [5.41, 5.74) is 0. The van der Waals surface area contributed by atoms with Crippen molar-refractivity contribution < 1.29 is 19.3 Å². The largest absolute Gasteiger partial charge is 0.491 e. The maximum Gasteiger partial charge on any atom is 0.207 e. The van der Waals surface area contributed by atoms with E-state index in [2.05, 4.69) is 10.00 Å². The van der Waals surface area contributed by atoms with Gasteiger partial charge >= 0.3 is 0 Å². The summed E-state index contributed by atoms with van der Waals surface area (Å²) < 4.78 is 19.1. The van der Waals surface area contributed by atoms with Crippen LogP contribution >= 0.6 is 23.6 Å². The van der Waals surface area contributed by atoms with Gasteiger partial charge in [-0.15, -0.1) is 5.10 Å². The van der Waals surface area contributed by atoms with Crippen molar-refractivity contribution in [2.24, 2.45) is 0 Å². The Hall–Kier alpha value is -2.46. The molecule has 9 heteroatoms.